The molecule has 0 atom stereocenters. The lowest BCUT2D eigenvalue weighted by Gasteiger charge is -2.32. The van der Waals surface area contributed by atoms with Crippen LogP contribution in [0, 0.1) is 22.7 Å². The fourth-order valence-corrected chi connectivity index (χ4v) is 10.3. The molecule has 0 amide bonds. The zero-order valence-corrected chi connectivity index (χ0v) is 43.0. The van der Waals surface area contributed by atoms with Gasteiger partial charge >= 0.3 is 23.9 Å². The van der Waals surface area contributed by atoms with E-state index in [-0.39, 0.29) is 52.1 Å². The summed E-state index contributed by atoms with van der Waals surface area (Å²) in [5.74, 6) is 3.37. The van der Waals surface area contributed by atoms with Crippen LogP contribution >= 0.6 is 0 Å². The fraction of sp³-hybridized carbons (Fsp3) is 0.143. The van der Waals surface area contributed by atoms with Gasteiger partial charge < -0.3 is 18.9 Å². The minimum atomic E-state index is -2.11. The van der Waals surface area contributed by atoms with Crippen LogP contribution in [0.25, 0.3) is 33.4 Å². The Hall–Kier alpha value is -9.58. The number of ether oxygens (including phenoxy) is 4. The molecule has 1 aliphatic carbocycles. The molecule has 10 rings (SSSR count). The second kappa shape index (κ2) is 24.4. The first-order valence-corrected chi connectivity index (χ1v) is 26.1. The molecule has 1 aliphatic rings. The van der Waals surface area contributed by atoms with Gasteiger partial charge in [-0.3, -0.25) is 19.2 Å². The highest BCUT2D eigenvalue weighted by molar-refractivity contribution is 6.06. The van der Waals surface area contributed by atoms with Gasteiger partial charge in [-0.25, -0.2) is 0 Å². The smallest absolute Gasteiger partial charge is 0.325 e. The van der Waals surface area contributed by atoms with Gasteiger partial charge in [0, 0.05) is 31.2 Å². The van der Waals surface area contributed by atoms with Crippen molar-refractivity contribution in [2.75, 3.05) is 0 Å². The fourth-order valence-electron chi connectivity index (χ4n) is 10.3. The molecule has 0 N–H and O–H groups in total. The Labute approximate surface area is 455 Å². The predicted octanol–water partition coefficient (Wildman–Crippen LogP) is 13.7. The van der Waals surface area contributed by atoms with E-state index in [9.17, 15) is 0 Å². The van der Waals surface area contributed by atoms with E-state index in [0.717, 1.165) is 50.1 Å². The quantitative estimate of drug-likeness (QED) is 0.0362. The zero-order chi connectivity index (χ0) is 53.6. The molecule has 0 radical (unpaired) electrons. The van der Waals surface area contributed by atoms with Gasteiger partial charge in [-0.1, -0.05) is 242 Å². The van der Waals surface area contributed by atoms with Crippen molar-refractivity contribution in [3.63, 3.8) is 0 Å². The Morgan fingerprint density at radius 2 is 0.705 bits per heavy atom. The Morgan fingerprint density at radius 1 is 0.385 bits per heavy atom. The summed E-state index contributed by atoms with van der Waals surface area (Å²) in [6.45, 7) is -0.419. The van der Waals surface area contributed by atoms with E-state index in [1.54, 1.807) is 0 Å². The monoisotopic (exact) mass is 1020 g/mol. The molecule has 0 fully saturated rings. The van der Waals surface area contributed by atoms with Gasteiger partial charge in [-0.05, 0) is 84.5 Å². The largest absolute Gasteiger partial charge is 0.460 e. The number of carbonyl (C=O) groups excluding carboxylic acids is 4. The van der Waals surface area contributed by atoms with Crippen molar-refractivity contribution in [2.24, 2.45) is 10.8 Å². The minimum absolute atomic E-state index is 0.0793. The molecule has 0 spiro atoms. The molecule has 0 unspecified atom stereocenters. The average molecular weight is 1030 g/mol. The third-order valence-electron chi connectivity index (χ3n) is 14.3. The minimum Gasteiger partial charge on any atom is -0.460 e. The van der Waals surface area contributed by atoms with Gasteiger partial charge in [0.25, 0.3) is 0 Å². The van der Waals surface area contributed by atoms with Crippen molar-refractivity contribution in [1.82, 2.24) is 0 Å². The summed E-state index contributed by atoms with van der Waals surface area (Å²) in [6.07, 6.45) is -0.790. The summed E-state index contributed by atoms with van der Waals surface area (Å²) in [7, 11) is 0. The number of benzene rings is 9. The van der Waals surface area contributed by atoms with Gasteiger partial charge in [-0.2, -0.15) is 0 Å². The Bertz CT molecular complexity index is 3450. The summed E-state index contributed by atoms with van der Waals surface area (Å²) in [5.41, 5.74) is 5.97. The highest BCUT2D eigenvalue weighted by Crippen LogP contribution is 2.54. The number of hydrogen-bond donors (Lipinski definition) is 0. The third kappa shape index (κ3) is 11.6. The summed E-state index contributed by atoms with van der Waals surface area (Å²) in [4.78, 5) is 62.3. The highest BCUT2D eigenvalue weighted by Gasteiger charge is 2.56. The van der Waals surface area contributed by atoms with Crippen LogP contribution in [-0.2, 0) is 83.8 Å². The van der Waals surface area contributed by atoms with E-state index in [2.05, 4.69) is 11.8 Å². The van der Waals surface area contributed by atoms with E-state index >= 15 is 19.2 Å². The normalized spacial score (nSPS) is 12.3. The molecule has 0 heterocycles. The number of fused-ring (bicyclic) bond motifs is 1. The maximum Gasteiger partial charge on any atom is 0.325 e. The molecule has 9 aromatic carbocycles. The van der Waals surface area contributed by atoms with Crippen molar-refractivity contribution in [2.45, 2.75) is 52.1 Å². The first kappa shape index (κ1) is 51.9. The molecular weight excluding hydrogens is 969 g/mol. The van der Waals surface area contributed by atoms with E-state index in [1.807, 2.05) is 243 Å². The lowest BCUT2D eigenvalue weighted by Crippen LogP contribution is -2.44. The van der Waals surface area contributed by atoms with Crippen LogP contribution in [0.4, 0.5) is 0 Å². The van der Waals surface area contributed by atoms with Gasteiger partial charge in [0.2, 0.25) is 0 Å². The summed E-state index contributed by atoms with van der Waals surface area (Å²) < 4.78 is 25.1. The number of hydrogen-bond acceptors (Lipinski definition) is 8. The van der Waals surface area contributed by atoms with Crippen molar-refractivity contribution < 1.29 is 38.1 Å². The van der Waals surface area contributed by atoms with Crippen LogP contribution in [-0.4, -0.2) is 23.9 Å². The zero-order valence-electron chi connectivity index (χ0n) is 43.0. The number of esters is 4. The molecule has 78 heavy (non-hydrogen) atoms. The van der Waals surface area contributed by atoms with E-state index in [0.29, 0.717) is 27.8 Å². The van der Waals surface area contributed by atoms with Crippen molar-refractivity contribution in [3.05, 3.63) is 287 Å². The molecule has 0 aliphatic heterocycles. The summed E-state index contributed by atoms with van der Waals surface area (Å²) in [6, 6.07) is 76.0. The van der Waals surface area contributed by atoms with Crippen LogP contribution in [0.1, 0.15) is 50.9 Å². The van der Waals surface area contributed by atoms with Crippen LogP contribution in [0.3, 0.4) is 0 Å². The lowest BCUT2D eigenvalue weighted by atomic mass is 9.72. The number of rotatable bonds is 18. The average Bonchev–Trinajstić information content (AvgIpc) is 4.12. The van der Waals surface area contributed by atoms with Gasteiger partial charge in [-0.15, -0.1) is 0 Å². The Balaban J connectivity index is 1.24. The van der Waals surface area contributed by atoms with Crippen LogP contribution in [0.5, 0.6) is 0 Å². The SMILES string of the molecule is O=C(OCc1ccccc1)C1(C(=O)OCc2ccccc2)Cc2c(c(-c3ccccc3)c(-c3ccccc3)c(CC(CC#Cc3ccccc3)(C(=O)OCc3ccccc3)C(=O)OCc3ccccc3)c2-c2ccccc2)C1. The molecule has 0 saturated carbocycles. The lowest BCUT2D eigenvalue weighted by molar-refractivity contribution is -0.175. The second-order valence-electron chi connectivity index (χ2n) is 19.4. The standard InChI is InChI=1S/C70H56O8/c71-65(75-47-52-28-11-2-12-29-52)69(43-25-36-51-26-9-1-10-27-51,66(72)76-48-53-30-13-3-14-31-53)46-61-62(56-37-19-6-20-38-56)59-44-70(67(73)77-49-54-32-15-4-16-33-54,68(74)78-50-55-34-17-5-18-35-55)45-60(59)63(57-39-21-7-22-40-57)64(61)58-41-23-8-24-42-58/h1-24,26-35,37-42H,43-50H2. The molecule has 384 valence electrons. The van der Waals surface area contributed by atoms with E-state index < -0.39 is 34.7 Å². The Kier molecular flexibility index (Phi) is 16.2. The maximum absolute atomic E-state index is 15.8. The number of carbonyl (C=O) groups is 4. The van der Waals surface area contributed by atoms with Gasteiger partial charge in [0.1, 0.15) is 26.4 Å². The molecule has 9 aromatic rings. The van der Waals surface area contributed by atoms with Crippen LogP contribution in [0.2, 0.25) is 0 Å². The molecule has 8 nitrogen and oxygen atoms in total. The topological polar surface area (TPSA) is 105 Å². The summed E-state index contributed by atoms with van der Waals surface area (Å²) in [5, 5.41) is 0. The highest BCUT2D eigenvalue weighted by atomic mass is 16.6. The molecule has 0 saturated heterocycles. The van der Waals surface area contributed by atoms with E-state index in [4.69, 9.17) is 18.9 Å². The molecule has 0 aromatic heterocycles. The first-order chi connectivity index (χ1) is 38.3. The molecule has 0 bridgehead atoms. The van der Waals surface area contributed by atoms with Gasteiger partial charge in [0.15, 0.2) is 10.8 Å². The first-order valence-electron chi connectivity index (χ1n) is 26.1. The maximum atomic E-state index is 15.8. The molecule has 8 heteroatoms. The Morgan fingerprint density at radius 3 is 1.10 bits per heavy atom. The van der Waals surface area contributed by atoms with Crippen LogP contribution < -0.4 is 0 Å². The second-order valence-corrected chi connectivity index (χ2v) is 19.4. The van der Waals surface area contributed by atoms with Gasteiger partial charge in [0.05, 0.1) is 0 Å². The van der Waals surface area contributed by atoms with E-state index in [1.165, 1.54) is 0 Å². The van der Waals surface area contributed by atoms with Crippen molar-refractivity contribution >= 4 is 23.9 Å². The van der Waals surface area contributed by atoms with Crippen molar-refractivity contribution in [1.29, 1.82) is 0 Å². The molecular formula is C70H56O8. The predicted molar refractivity (Wildman–Crippen MR) is 302 cm³/mol. The van der Waals surface area contributed by atoms with Crippen molar-refractivity contribution in [3.8, 4) is 45.2 Å². The summed E-state index contributed by atoms with van der Waals surface area (Å²) >= 11 is 0. The third-order valence-corrected chi connectivity index (χ3v) is 14.3. The van der Waals surface area contributed by atoms with Crippen LogP contribution in [0.15, 0.2) is 243 Å².